The quantitative estimate of drug-likeness (QED) is 0.540. The van der Waals surface area contributed by atoms with Gasteiger partial charge in [-0.3, -0.25) is 0 Å². The molecule has 1 fully saturated rings. The van der Waals surface area contributed by atoms with Crippen molar-refractivity contribution < 1.29 is 9.53 Å². The van der Waals surface area contributed by atoms with Crippen LogP contribution in [0.1, 0.15) is 37.9 Å². The van der Waals surface area contributed by atoms with Crippen molar-refractivity contribution in [2.24, 2.45) is 5.92 Å². The van der Waals surface area contributed by atoms with Crippen molar-refractivity contribution in [3.05, 3.63) is 66.6 Å². The van der Waals surface area contributed by atoms with Gasteiger partial charge in [0.15, 0.2) is 0 Å². The second kappa shape index (κ2) is 10.1. The van der Waals surface area contributed by atoms with Gasteiger partial charge >= 0.3 is 6.09 Å². The number of nitrogens with one attached hydrogen (secondary N) is 2. The van der Waals surface area contributed by atoms with Gasteiger partial charge in [0.25, 0.3) is 0 Å². The number of ether oxygens (including phenoxy) is 1. The van der Waals surface area contributed by atoms with Gasteiger partial charge in [0.1, 0.15) is 5.82 Å². The van der Waals surface area contributed by atoms with Crippen molar-refractivity contribution in [3.63, 3.8) is 0 Å². The van der Waals surface area contributed by atoms with E-state index in [1.54, 1.807) is 0 Å². The van der Waals surface area contributed by atoms with Crippen LogP contribution < -0.4 is 5.32 Å². The lowest BCUT2D eigenvalue weighted by molar-refractivity contribution is 0.116. The number of carbonyl (C=O) groups excluding carboxylic acids is 1. The first kappa shape index (κ1) is 20.2. The summed E-state index contributed by atoms with van der Waals surface area (Å²) in [4.78, 5) is 19.7. The molecule has 3 aromatic rings. The van der Waals surface area contributed by atoms with Crippen LogP contribution in [-0.4, -0.2) is 29.2 Å². The zero-order valence-electron chi connectivity index (χ0n) is 17.3. The van der Waals surface area contributed by atoms with E-state index in [0.717, 1.165) is 17.1 Å². The summed E-state index contributed by atoms with van der Waals surface area (Å²) in [5, 5.41) is 2.82. The number of nitrogens with zero attached hydrogens (tertiary/aromatic N) is 1. The second-order valence-electron chi connectivity index (χ2n) is 7.97. The molecule has 0 atom stereocenters. The van der Waals surface area contributed by atoms with Crippen LogP contribution >= 0.6 is 0 Å². The average Bonchev–Trinajstić information content (AvgIpc) is 3.28. The Bertz CT molecular complexity index is 929. The maximum absolute atomic E-state index is 11.9. The summed E-state index contributed by atoms with van der Waals surface area (Å²) in [6.45, 7) is 1.04. The van der Waals surface area contributed by atoms with E-state index in [4.69, 9.17) is 4.74 Å². The van der Waals surface area contributed by atoms with Crippen molar-refractivity contribution in [2.75, 3.05) is 13.2 Å². The van der Waals surface area contributed by atoms with E-state index in [1.807, 2.05) is 24.4 Å². The summed E-state index contributed by atoms with van der Waals surface area (Å²) in [6.07, 6.45) is 8.32. The molecule has 2 aromatic carbocycles. The van der Waals surface area contributed by atoms with Crippen LogP contribution in [0.3, 0.4) is 0 Å². The largest absolute Gasteiger partial charge is 0.449 e. The minimum absolute atomic E-state index is 0.330. The number of aromatic nitrogens is 2. The van der Waals surface area contributed by atoms with Crippen LogP contribution in [0.25, 0.3) is 22.4 Å². The zero-order valence-corrected chi connectivity index (χ0v) is 17.3. The molecule has 0 unspecified atom stereocenters. The molecule has 1 aliphatic rings. The van der Waals surface area contributed by atoms with Gasteiger partial charge in [0.2, 0.25) is 0 Å². The number of rotatable bonds is 7. The molecule has 1 aromatic heterocycles. The number of amides is 1. The summed E-state index contributed by atoms with van der Waals surface area (Å²) in [7, 11) is 0. The molecule has 5 nitrogen and oxygen atoms in total. The Kier molecular flexibility index (Phi) is 6.80. The monoisotopic (exact) mass is 403 g/mol. The van der Waals surface area contributed by atoms with E-state index in [9.17, 15) is 4.79 Å². The van der Waals surface area contributed by atoms with Crippen molar-refractivity contribution in [1.82, 2.24) is 15.3 Å². The lowest BCUT2D eigenvalue weighted by Crippen LogP contribution is -2.28. The van der Waals surface area contributed by atoms with Gasteiger partial charge < -0.3 is 15.0 Å². The Labute approximate surface area is 177 Å². The second-order valence-corrected chi connectivity index (χ2v) is 7.97. The number of hydrogen-bond donors (Lipinski definition) is 2. The topological polar surface area (TPSA) is 67.0 Å². The Morgan fingerprint density at radius 2 is 1.67 bits per heavy atom. The minimum atomic E-state index is -0.330. The molecule has 2 N–H and O–H groups in total. The third kappa shape index (κ3) is 5.50. The number of H-pyrrole nitrogens is 1. The third-order valence-corrected chi connectivity index (χ3v) is 5.74. The number of hydrogen-bond acceptors (Lipinski definition) is 3. The molecule has 4 rings (SSSR count). The number of aromatic amines is 1. The third-order valence-electron chi connectivity index (χ3n) is 5.74. The van der Waals surface area contributed by atoms with Crippen molar-refractivity contribution in [2.45, 2.75) is 38.5 Å². The van der Waals surface area contributed by atoms with Crippen LogP contribution in [-0.2, 0) is 11.2 Å². The van der Waals surface area contributed by atoms with Gasteiger partial charge in [-0.15, -0.1) is 0 Å². The molecular weight excluding hydrogens is 374 g/mol. The first-order valence-corrected chi connectivity index (χ1v) is 10.9. The van der Waals surface area contributed by atoms with E-state index in [0.29, 0.717) is 25.5 Å². The number of carbonyl (C=O) groups is 1. The van der Waals surface area contributed by atoms with Crippen LogP contribution in [0.15, 0.2) is 60.8 Å². The van der Waals surface area contributed by atoms with Crippen molar-refractivity contribution in [3.8, 4) is 22.4 Å². The normalized spacial score (nSPS) is 14.4. The minimum Gasteiger partial charge on any atom is -0.449 e. The highest BCUT2D eigenvalue weighted by molar-refractivity contribution is 5.68. The van der Waals surface area contributed by atoms with Crippen LogP contribution in [0.5, 0.6) is 0 Å². The SMILES string of the molecule is O=C(NCCc1ncc(-c2ccc(-c3ccccc3)cc2)[nH]1)OCC1CCCCC1. The zero-order chi connectivity index (χ0) is 20.6. The lowest BCUT2D eigenvalue weighted by Gasteiger charge is -2.21. The summed E-state index contributed by atoms with van der Waals surface area (Å²) >= 11 is 0. The smallest absolute Gasteiger partial charge is 0.407 e. The standard InChI is InChI=1S/C25H29N3O2/c29-25(30-18-19-7-3-1-4-8-19)26-16-15-24-27-17-23(28-24)22-13-11-21(12-14-22)20-9-5-2-6-10-20/h2,5-6,9-14,17,19H,1,3-4,7-8,15-16,18H2,(H,26,29)(H,27,28). The molecule has 0 saturated heterocycles. The molecule has 1 heterocycles. The Morgan fingerprint density at radius 1 is 0.967 bits per heavy atom. The van der Waals surface area contributed by atoms with Gasteiger partial charge in [-0.1, -0.05) is 73.9 Å². The van der Waals surface area contributed by atoms with E-state index < -0.39 is 0 Å². The molecule has 1 saturated carbocycles. The van der Waals surface area contributed by atoms with E-state index >= 15 is 0 Å². The van der Waals surface area contributed by atoms with E-state index in [2.05, 4.69) is 51.7 Å². The molecule has 1 aliphatic carbocycles. The fourth-order valence-electron chi connectivity index (χ4n) is 3.99. The number of alkyl carbamates (subject to hydrolysis) is 1. The van der Waals surface area contributed by atoms with Gasteiger partial charge in [0, 0.05) is 13.0 Å². The van der Waals surface area contributed by atoms with Crippen LogP contribution in [0.4, 0.5) is 4.79 Å². The molecule has 0 spiro atoms. The highest BCUT2D eigenvalue weighted by Gasteiger charge is 2.15. The van der Waals surface area contributed by atoms with E-state index in [-0.39, 0.29) is 6.09 Å². The van der Waals surface area contributed by atoms with Crippen LogP contribution in [0.2, 0.25) is 0 Å². The van der Waals surface area contributed by atoms with Gasteiger partial charge in [-0.2, -0.15) is 0 Å². The van der Waals surface area contributed by atoms with Gasteiger partial charge in [-0.05, 0) is 35.4 Å². The maximum atomic E-state index is 11.9. The predicted molar refractivity (Wildman–Crippen MR) is 119 cm³/mol. The number of benzene rings is 2. The van der Waals surface area contributed by atoms with E-state index in [1.165, 1.54) is 43.2 Å². The first-order chi connectivity index (χ1) is 14.8. The fourth-order valence-corrected chi connectivity index (χ4v) is 3.99. The average molecular weight is 404 g/mol. The highest BCUT2D eigenvalue weighted by atomic mass is 16.5. The molecule has 30 heavy (non-hydrogen) atoms. The predicted octanol–water partition coefficient (Wildman–Crippen LogP) is 5.59. The summed E-state index contributed by atoms with van der Waals surface area (Å²) in [5.41, 5.74) is 4.46. The summed E-state index contributed by atoms with van der Waals surface area (Å²) in [5.74, 6) is 1.38. The van der Waals surface area contributed by atoms with Gasteiger partial charge in [0.05, 0.1) is 18.5 Å². The molecule has 0 bridgehead atoms. The van der Waals surface area contributed by atoms with Crippen molar-refractivity contribution >= 4 is 6.09 Å². The fraction of sp³-hybridized carbons (Fsp3) is 0.360. The Hall–Kier alpha value is -3.08. The molecule has 0 aliphatic heterocycles. The molecule has 156 valence electrons. The molecular formula is C25H29N3O2. The van der Waals surface area contributed by atoms with Gasteiger partial charge in [-0.25, -0.2) is 9.78 Å². The van der Waals surface area contributed by atoms with Crippen LogP contribution in [0, 0.1) is 5.92 Å². The summed E-state index contributed by atoms with van der Waals surface area (Å²) < 4.78 is 5.36. The highest BCUT2D eigenvalue weighted by Crippen LogP contribution is 2.24. The Balaban J connectivity index is 1.23. The Morgan fingerprint density at radius 3 is 2.43 bits per heavy atom. The lowest BCUT2D eigenvalue weighted by atomic mass is 9.90. The molecule has 0 radical (unpaired) electrons. The molecule has 1 amide bonds. The maximum Gasteiger partial charge on any atom is 0.407 e. The van der Waals surface area contributed by atoms with Crippen molar-refractivity contribution in [1.29, 1.82) is 0 Å². The number of imidazole rings is 1. The summed E-state index contributed by atoms with van der Waals surface area (Å²) in [6, 6.07) is 18.8. The molecule has 5 heteroatoms. The first-order valence-electron chi connectivity index (χ1n) is 10.9.